The summed E-state index contributed by atoms with van der Waals surface area (Å²) in [6.45, 7) is 0. The first-order valence-corrected chi connectivity index (χ1v) is 3.96. The summed E-state index contributed by atoms with van der Waals surface area (Å²) in [7, 11) is 1.57. The molecule has 0 saturated carbocycles. The lowest BCUT2D eigenvalue weighted by molar-refractivity contribution is 0.112. The van der Waals surface area contributed by atoms with Crippen LogP contribution in [0.25, 0.3) is 10.9 Å². The summed E-state index contributed by atoms with van der Waals surface area (Å²) in [4.78, 5) is 15.7. The van der Waals surface area contributed by atoms with E-state index in [-0.39, 0.29) is 0 Å². The summed E-state index contributed by atoms with van der Waals surface area (Å²) in [5.74, 6) is 0. The number of rotatable bonds is 2. The third-order valence-corrected chi connectivity index (χ3v) is 2.03. The highest BCUT2D eigenvalue weighted by atomic mass is 16.6. The van der Waals surface area contributed by atoms with Crippen molar-refractivity contribution in [2.45, 2.75) is 0 Å². The average Bonchev–Trinajstić information content (AvgIpc) is 2.56. The first-order valence-electron chi connectivity index (χ1n) is 3.96. The van der Waals surface area contributed by atoms with Gasteiger partial charge in [-0.05, 0) is 6.07 Å². The number of carbonyl (C=O) groups is 1. The van der Waals surface area contributed by atoms with Gasteiger partial charge in [0.15, 0.2) is 6.29 Å². The van der Waals surface area contributed by atoms with Crippen LogP contribution >= 0.6 is 0 Å². The quantitative estimate of drug-likeness (QED) is 0.648. The minimum absolute atomic E-state index is 0.650. The molecular formula is C10H9NO2. The predicted molar refractivity (Wildman–Crippen MR) is 49.8 cm³/mol. The SMILES string of the molecule is COn1cc(C=O)c2ccccc21. The molecule has 2 rings (SSSR count). The van der Waals surface area contributed by atoms with Gasteiger partial charge in [-0.2, -0.15) is 4.73 Å². The molecule has 0 fully saturated rings. The molecule has 3 heteroatoms. The second-order valence-electron chi connectivity index (χ2n) is 2.73. The van der Waals surface area contributed by atoms with Crippen LogP contribution in [0.2, 0.25) is 0 Å². The van der Waals surface area contributed by atoms with Crippen LogP contribution in [-0.2, 0) is 0 Å². The van der Waals surface area contributed by atoms with Gasteiger partial charge >= 0.3 is 0 Å². The number of carbonyl (C=O) groups excluding carboxylic acids is 1. The van der Waals surface area contributed by atoms with Gasteiger partial charge in [0.05, 0.1) is 11.7 Å². The Morgan fingerprint density at radius 1 is 1.38 bits per heavy atom. The monoisotopic (exact) mass is 175 g/mol. The average molecular weight is 175 g/mol. The first kappa shape index (κ1) is 7.86. The van der Waals surface area contributed by atoms with Crippen LogP contribution in [-0.4, -0.2) is 18.1 Å². The van der Waals surface area contributed by atoms with E-state index in [0.717, 1.165) is 17.2 Å². The van der Waals surface area contributed by atoms with E-state index >= 15 is 0 Å². The molecule has 1 aromatic carbocycles. The molecule has 0 saturated heterocycles. The van der Waals surface area contributed by atoms with Crippen LogP contribution < -0.4 is 4.84 Å². The maximum atomic E-state index is 10.7. The Balaban J connectivity index is 2.81. The summed E-state index contributed by atoms with van der Waals surface area (Å²) in [6, 6.07) is 7.61. The molecule has 0 N–H and O–H groups in total. The summed E-state index contributed by atoms with van der Waals surface area (Å²) in [6.07, 6.45) is 2.51. The minimum atomic E-state index is 0.650. The summed E-state index contributed by atoms with van der Waals surface area (Å²) in [5, 5.41) is 0.916. The smallest absolute Gasteiger partial charge is 0.152 e. The second-order valence-corrected chi connectivity index (χ2v) is 2.73. The molecule has 0 radical (unpaired) electrons. The molecule has 66 valence electrons. The van der Waals surface area contributed by atoms with Crippen molar-refractivity contribution in [1.82, 2.24) is 4.73 Å². The number of hydrogen-bond acceptors (Lipinski definition) is 2. The molecule has 0 aliphatic carbocycles. The van der Waals surface area contributed by atoms with Gasteiger partial charge in [-0.25, -0.2) is 0 Å². The number of para-hydroxylation sites is 1. The molecule has 0 spiro atoms. The Labute approximate surface area is 75.5 Å². The van der Waals surface area contributed by atoms with Gasteiger partial charge in [0.2, 0.25) is 0 Å². The van der Waals surface area contributed by atoms with E-state index in [1.165, 1.54) is 0 Å². The maximum Gasteiger partial charge on any atom is 0.152 e. The summed E-state index contributed by atoms with van der Waals surface area (Å²) < 4.78 is 1.58. The molecule has 2 aromatic rings. The van der Waals surface area contributed by atoms with Crippen LogP contribution in [0.15, 0.2) is 30.5 Å². The molecule has 0 amide bonds. The number of fused-ring (bicyclic) bond motifs is 1. The topological polar surface area (TPSA) is 31.2 Å². The second kappa shape index (κ2) is 2.94. The Bertz CT molecular complexity index is 445. The van der Waals surface area contributed by atoms with Crippen molar-refractivity contribution in [3.8, 4) is 0 Å². The fourth-order valence-corrected chi connectivity index (χ4v) is 1.42. The number of aromatic nitrogens is 1. The molecule has 3 nitrogen and oxygen atoms in total. The summed E-state index contributed by atoms with van der Waals surface area (Å²) >= 11 is 0. The van der Waals surface area contributed by atoms with Crippen molar-refractivity contribution in [3.63, 3.8) is 0 Å². The zero-order valence-electron chi connectivity index (χ0n) is 7.23. The number of hydrogen-bond donors (Lipinski definition) is 0. The number of benzene rings is 1. The fourth-order valence-electron chi connectivity index (χ4n) is 1.42. The Morgan fingerprint density at radius 3 is 2.85 bits per heavy atom. The van der Waals surface area contributed by atoms with E-state index < -0.39 is 0 Å². The normalized spacial score (nSPS) is 10.2. The molecule has 0 unspecified atom stereocenters. The number of nitrogens with zero attached hydrogens (tertiary/aromatic N) is 1. The zero-order chi connectivity index (χ0) is 9.26. The molecular weight excluding hydrogens is 166 g/mol. The van der Waals surface area contributed by atoms with Gasteiger partial charge in [0.1, 0.15) is 7.11 Å². The third kappa shape index (κ3) is 1.09. The van der Waals surface area contributed by atoms with Gasteiger partial charge in [-0.3, -0.25) is 4.79 Å². The standard InChI is InChI=1S/C10H9NO2/c1-13-11-6-8(7-12)9-4-2-3-5-10(9)11/h2-7H,1H3. The van der Waals surface area contributed by atoms with E-state index in [4.69, 9.17) is 4.84 Å². The highest BCUT2D eigenvalue weighted by molar-refractivity contribution is 5.97. The minimum Gasteiger partial charge on any atom is -0.417 e. The van der Waals surface area contributed by atoms with Crippen LogP contribution in [0.3, 0.4) is 0 Å². The molecule has 0 bridgehead atoms. The first-order chi connectivity index (χ1) is 6.36. The van der Waals surface area contributed by atoms with E-state index in [9.17, 15) is 4.79 Å². The largest absolute Gasteiger partial charge is 0.417 e. The van der Waals surface area contributed by atoms with E-state index in [2.05, 4.69) is 0 Å². The third-order valence-electron chi connectivity index (χ3n) is 2.03. The molecule has 13 heavy (non-hydrogen) atoms. The van der Waals surface area contributed by atoms with E-state index in [1.54, 1.807) is 18.0 Å². The molecule has 0 aliphatic rings. The van der Waals surface area contributed by atoms with Gasteiger partial charge in [0, 0.05) is 10.9 Å². The van der Waals surface area contributed by atoms with Gasteiger partial charge in [-0.15, -0.1) is 0 Å². The highest BCUT2D eigenvalue weighted by Gasteiger charge is 2.05. The van der Waals surface area contributed by atoms with Crippen LogP contribution in [0.4, 0.5) is 0 Å². The molecule has 1 heterocycles. The highest BCUT2D eigenvalue weighted by Crippen LogP contribution is 2.18. The number of aldehydes is 1. The lowest BCUT2D eigenvalue weighted by atomic mass is 10.2. The lowest BCUT2D eigenvalue weighted by Crippen LogP contribution is -2.02. The lowest BCUT2D eigenvalue weighted by Gasteiger charge is -1.99. The Hall–Kier alpha value is -1.77. The van der Waals surface area contributed by atoms with Gasteiger partial charge < -0.3 is 4.84 Å². The van der Waals surface area contributed by atoms with Crippen molar-refractivity contribution in [2.24, 2.45) is 0 Å². The predicted octanol–water partition coefficient (Wildman–Crippen LogP) is 1.51. The van der Waals surface area contributed by atoms with Crippen molar-refractivity contribution in [2.75, 3.05) is 7.11 Å². The van der Waals surface area contributed by atoms with E-state index in [1.807, 2.05) is 24.3 Å². The van der Waals surface area contributed by atoms with Crippen LogP contribution in [0, 0.1) is 0 Å². The zero-order valence-corrected chi connectivity index (χ0v) is 7.23. The van der Waals surface area contributed by atoms with Crippen molar-refractivity contribution in [3.05, 3.63) is 36.0 Å². The van der Waals surface area contributed by atoms with E-state index in [0.29, 0.717) is 5.56 Å². The Kier molecular flexibility index (Phi) is 1.77. The molecule has 0 aliphatic heterocycles. The Morgan fingerprint density at radius 2 is 2.15 bits per heavy atom. The fraction of sp³-hybridized carbons (Fsp3) is 0.100. The molecule has 0 atom stereocenters. The van der Waals surface area contributed by atoms with Crippen LogP contribution in [0.5, 0.6) is 0 Å². The van der Waals surface area contributed by atoms with Crippen molar-refractivity contribution in [1.29, 1.82) is 0 Å². The van der Waals surface area contributed by atoms with Crippen LogP contribution in [0.1, 0.15) is 10.4 Å². The van der Waals surface area contributed by atoms with Crippen molar-refractivity contribution < 1.29 is 9.63 Å². The maximum absolute atomic E-state index is 10.7. The molecule has 1 aromatic heterocycles. The van der Waals surface area contributed by atoms with Gasteiger partial charge in [0.25, 0.3) is 0 Å². The summed E-state index contributed by atoms with van der Waals surface area (Å²) in [5.41, 5.74) is 1.56. The van der Waals surface area contributed by atoms with Gasteiger partial charge in [-0.1, -0.05) is 18.2 Å². The van der Waals surface area contributed by atoms with Crippen molar-refractivity contribution >= 4 is 17.2 Å².